The summed E-state index contributed by atoms with van der Waals surface area (Å²) < 4.78 is 5.97. The molecular weight excluding hydrogens is 336 g/mol. The van der Waals surface area contributed by atoms with E-state index in [1.807, 2.05) is 49.4 Å². The highest BCUT2D eigenvalue weighted by atomic mass is 16.5. The summed E-state index contributed by atoms with van der Waals surface area (Å²) in [5.41, 5.74) is 3.49. The highest BCUT2D eigenvalue weighted by Crippen LogP contribution is 2.31. The lowest BCUT2D eigenvalue weighted by atomic mass is 10.00. The third-order valence-corrected chi connectivity index (χ3v) is 4.41. The van der Waals surface area contributed by atoms with Gasteiger partial charge in [-0.2, -0.15) is 0 Å². The van der Waals surface area contributed by atoms with Crippen molar-refractivity contribution in [1.29, 1.82) is 0 Å². The van der Waals surface area contributed by atoms with Gasteiger partial charge in [0.05, 0.1) is 17.9 Å². The minimum atomic E-state index is 0.0630. The van der Waals surface area contributed by atoms with Crippen molar-refractivity contribution in [3.8, 4) is 11.5 Å². The fourth-order valence-electron chi connectivity index (χ4n) is 3.04. The molecule has 0 aliphatic carbocycles. The fraction of sp³-hybridized carbons (Fsp3) is 0.174. The molecule has 0 spiro atoms. The molecule has 3 aromatic rings. The zero-order valence-electron chi connectivity index (χ0n) is 15.7. The van der Waals surface area contributed by atoms with Crippen LogP contribution in [0, 0.1) is 6.92 Å². The number of ether oxygens (including phenoxy) is 1. The van der Waals surface area contributed by atoms with Crippen molar-refractivity contribution in [2.24, 2.45) is 0 Å². The maximum absolute atomic E-state index is 9.31. The molecule has 2 N–H and O–H groups in total. The van der Waals surface area contributed by atoms with E-state index < -0.39 is 0 Å². The smallest absolute Gasteiger partial charge is 0.128 e. The van der Waals surface area contributed by atoms with Crippen LogP contribution in [0.1, 0.15) is 23.9 Å². The van der Waals surface area contributed by atoms with Crippen molar-refractivity contribution in [2.45, 2.75) is 20.3 Å². The Morgan fingerprint density at radius 3 is 2.48 bits per heavy atom. The third kappa shape index (κ3) is 4.11. The summed E-state index contributed by atoms with van der Waals surface area (Å²) in [5, 5.41) is 14.6. The molecule has 0 bridgehead atoms. The number of para-hydroxylation sites is 1. The van der Waals surface area contributed by atoms with E-state index in [0.717, 1.165) is 45.6 Å². The van der Waals surface area contributed by atoms with Crippen molar-refractivity contribution >= 4 is 16.5 Å². The topological polar surface area (TPSA) is 54.4 Å². The number of fused-ring (bicyclic) bond motifs is 1. The zero-order valence-corrected chi connectivity index (χ0v) is 15.7. The number of pyridine rings is 1. The van der Waals surface area contributed by atoms with Crippen molar-refractivity contribution in [3.63, 3.8) is 0 Å². The van der Waals surface area contributed by atoms with Crippen LogP contribution < -0.4 is 10.1 Å². The largest absolute Gasteiger partial charge is 0.511 e. The Morgan fingerprint density at radius 2 is 1.81 bits per heavy atom. The molecule has 0 saturated carbocycles. The molecule has 2 aromatic carbocycles. The van der Waals surface area contributed by atoms with Crippen LogP contribution in [0.15, 0.2) is 67.4 Å². The molecule has 4 heteroatoms. The molecule has 4 nitrogen and oxygen atoms in total. The first kappa shape index (κ1) is 18.5. The SMILES string of the molecule is C=C(O)CNC(=C)c1nc(CC)c2cc(Oc3ccccc3)ccc2c1C. The van der Waals surface area contributed by atoms with Crippen LogP contribution in [0.3, 0.4) is 0 Å². The van der Waals surface area contributed by atoms with Crippen LogP contribution in [0.2, 0.25) is 0 Å². The highest BCUT2D eigenvalue weighted by molar-refractivity contribution is 5.91. The molecule has 0 amide bonds. The molecule has 0 unspecified atom stereocenters. The zero-order chi connectivity index (χ0) is 19.4. The van der Waals surface area contributed by atoms with Gasteiger partial charge in [0.15, 0.2) is 0 Å². The van der Waals surface area contributed by atoms with Gasteiger partial charge in [0.25, 0.3) is 0 Å². The fourth-order valence-corrected chi connectivity index (χ4v) is 3.04. The summed E-state index contributed by atoms with van der Waals surface area (Å²) in [6, 6.07) is 15.8. The summed E-state index contributed by atoms with van der Waals surface area (Å²) >= 11 is 0. The first-order valence-electron chi connectivity index (χ1n) is 8.95. The van der Waals surface area contributed by atoms with Gasteiger partial charge in [0.1, 0.15) is 17.3 Å². The van der Waals surface area contributed by atoms with E-state index in [2.05, 4.69) is 31.5 Å². The Kier molecular flexibility index (Phi) is 5.46. The summed E-state index contributed by atoms with van der Waals surface area (Å²) in [7, 11) is 0. The van der Waals surface area contributed by atoms with Gasteiger partial charge in [0, 0.05) is 11.1 Å². The van der Waals surface area contributed by atoms with Gasteiger partial charge in [0.2, 0.25) is 0 Å². The second-order valence-electron chi connectivity index (χ2n) is 6.41. The van der Waals surface area contributed by atoms with E-state index in [4.69, 9.17) is 9.72 Å². The van der Waals surface area contributed by atoms with Crippen LogP contribution in [0.5, 0.6) is 11.5 Å². The predicted octanol–water partition coefficient (Wildman–Crippen LogP) is 5.53. The van der Waals surface area contributed by atoms with Gasteiger partial charge < -0.3 is 15.2 Å². The van der Waals surface area contributed by atoms with Crippen LogP contribution >= 0.6 is 0 Å². The van der Waals surface area contributed by atoms with E-state index in [-0.39, 0.29) is 12.3 Å². The Hall–Kier alpha value is -3.27. The quantitative estimate of drug-likeness (QED) is 0.544. The second kappa shape index (κ2) is 7.96. The number of aliphatic hydroxyl groups is 1. The third-order valence-electron chi connectivity index (χ3n) is 4.41. The van der Waals surface area contributed by atoms with Crippen molar-refractivity contribution in [1.82, 2.24) is 10.3 Å². The Morgan fingerprint density at radius 1 is 1.07 bits per heavy atom. The first-order chi connectivity index (χ1) is 13.0. The molecule has 1 heterocycles. The lowest BCUT2D eigenvalue weighted by Crippen LogP contribution is -2.16. The lowest BCUT2D eigenvalue weighted by molar-refractivity contribution is 0.400. The van der Waals surface area contributed by atoms with Crippen molar-refractivity contribution in [2.75, 3.05) is 6.54 Å². The highest BCUT2D eigenvalue weighted by Gasteiger charge is 2.13. The first-order valence-corrected chi connectivity index (χ1v) is 8.95. The van der Waals surface area contributed by atoms with Gasteiger partial charge in [-0.15, -0.1) is 0 Å². The Bertz CT molecular complexity index is 994. The van der Waals surface area contributed by atoms with Crippen LogP contribution in [0.4, 0.5) is 0 Å². The predicted molar refractivity (Wildman–Crippen MR) is 111 cm³/mol. The number of nitrogens with one attached hydrogen (secondary N) is 1. The Balaban J connectivity index is 2.01. The number of aryl methyl sites for hydroxylation is 2. The molecule has 3 rings (SSSR count). The van der Waals surface area contributed by atoms with E-state index >= 15 is 0 Å². The minimum Gasteiger partial charge on any atom is -0.511 e. The normalized spacial score (nSPS) is 10.6. The van der Waals surface area contributed by atoms with Gasteiger partial charge in [-0.1, -0.05) is 44.3 Å². The van der Waals surface area contributed by atoms with Crippen molar-refractivity contribution in [3.05, 3.63) is 84.4 Å². The van der Waals surface area contributed by atoms with E-state index in [1.54, 1.807) is 0 Å². The molecule has 27 heavy (non-hydrogen) atoms. The molecule has 0 atom stereocenters. The average molecular weight is 360 g/mol. The van der Waals surface area contributed by atoms with Gasteiger partial charge in [-0.25, -0.2) is 0 Å². The van der Waals surface area contributed by atoms with Crippen LogP contribution in [-0.4, -0.2) is 16.6 Å². The summed E-state index contributed by atoms with van der Waals surface area (Å²) in [6.07, 6.45) is 0.790. The number of benzene rings is 2. The molecule has 0 aliphatic rings. The number of hydrogen-bond acceptors (Lipinski definition) is 4. The Labute approximate surface area is 159 Å². The average Bonchev–Trinajstić information content (AvgIpc) is 2.67. The summed E-state index contributed by atoms with van der Waals surface area (Å²) in [5.74, 6) is 1.65. The van der Waals surface area contributed by atoms with Crippen LogP contribution in [-0.2, 0) is 6.42 Å². The number of aliphatic hydroxyl groups excluding tert-OH is 1. The molecule has 138 valence electrons. The number of nitrogens with zero attached hydrogens (tertiary/aromatic N) is 1. The summed E-state index contributed by atoms with van der Waals surface area (Å²) in [6.45, 7) is 11.9. The standard InChI is InChI=1S/C23H24N2O2/c1-5-22-21-13-19(27-18-9-7-6-8-10-18)11-12-20(21)16(3)23(25-22)17(4)24-14-15(2)26/h6-13,24,26H,2,4-5,14H2,1,3H3. The molecular formula is C23H24N2O2. The van der Waals surface area contributed by atoms with Crippen LogP contribution in [0.25, 0.3) is 16.5 Å². The van der Waals surface area contributed by atoms with Gasteiger partial charge >= 0.3 is 0 Å². The van der Waals surface area contributed by atoms with E-state index in [1.165, 1.54) is 0 Å². The number of hydrogen-bond donors (Lipinski definition) is 2. The number of rotatable bonds is 7. The minimum absolute atomic E-state index is 0.0630. The molecule has 0 fully saturated rings. The van der Waals surface area contributed by atoms with Crippen molar-refractivity contribution < 1.29 is 9.84 Å². The second-order valence-corrected chi connectivity index (χ2v) is 6.41. The van der Waals surface area contributed by atoms with Gasteiger partial charge in [-0.05, 0) is 48.6 Å². The maximum Gasteiger partial charge on any atom is 0.128 e. The number of aromatic nitrogens is 1. The molecule has 0 aliphatic heterocycles. The lowest BCUT2D eigenvalue weighted by Gasteiger charge is -2.16. The molecule has 0 radical (unpaired) electrons. The maximum atomic E-state index is 9.31. The monoisotopic (exact) mass is 360 g/mol. The van der Waals surface area contributed by atoms with E-state index in [9.17, 15) is 5.11 Å². The molecule has 1 aromatic heterocycles. The van der Waals surface area contributed by atoms with Gasteiger partial charge in [-0.3, -0.25) is 4.98 Å². The molecule has 0 saturated heterocycles. The summed E-state index contributed by atoms with van der Waals surface area (Å²) in [4.78, 5) is 4.82. The van der Waals surface area contributed by atoms with E-state index in [0.29, 0.717) is 5.70 Å².